The second-order valence-corrected chi connectivity index (χ2v) is 4.68. The molecule has 0 spiro atoms. The number of benzene rings is 1. The van der Waals surface area contributed by atoms with Crippen LogP contribution in [0.1, 0.15) is 39.2 Å². The summed E-state index contributed by atoms with van der Waals surface area (Å²) >= 11 is 0. The van der Waals surface area contributed by atoms with Crippen molar-refractivity contribution in [3.05, 3.63) is 29.8 Å². The van der Waals surface area contributed by atoms with Gasteiger partial charge in [0, 0.05) is 13.1 Å². The predicted octanol–water partition coefficient (Wildman–Crippen LogP) is 3.65. The monoisotopic (exact) mass is 235 g/mol. The van der Waals surface area contributed by atoms with E-state index in [1.807, 2.05) is 12.1 Å². The maximum Gasteiger partial charge on any atom is 0.115 e. The predicted molar refractivity (Wildman–Crippen MR) is 73.1 cm³/mol. The average Bonchev–Trinajstić information content (AvgIpc) is 2.37. The molecule has 1 aromatic carbocycles. The molecule has 0 saturated carbocycles. The van der Waals surface area contributed by atoms with Gasteiger partial charge in [0.2, 0.25) is 0 Å². The van der Waals surface area contributed by atoms with Crippen LogP contribution in [0.2, 0.25) is 0 Å². The molecule has 96 valence electrons. The molecule has 0 radical (unpaired) electrons. The van der Waals surface area contributed by atoms with E-state index in [2.05, 4.69) is 25.7 Å². The van der Waals surface area contributed by atoms with Crippen molar-refractivity contribution in [3.63, 3.8) is 0 Å². The number of phenols is 1. The van der Waals surface area contributed by atoms with Gasteiger partial charge in [-0.2, -0.15) is 0 Å². The molecule has 0 heterocycles. The summed E-state index contributed by atoms with van der Waals surface area (Å²) in [5.74, 6) is 1.14. The molecule has 2 heteroatoms. The molecule has 0 aliphatic heterocycles. The Morgan fingerprint density at radius 3 is 2.12 bits per heavy atom. The third-order valence-electron chi connectivity index (χ3n) is 3.46. The molecule has 17 heavy (non-hydrogen) atoms. The Bertz CT molecular complexity index is 303. The van der Waals surface area contributed by atoms with Gasteiger partial charge < -0.3 is 5.11 Å². The zero-order valence-corrected chi connectivity index (χ0v) is 11.3. The fourth-order valence-electron chi connectivity index (χ4n) is 2.08. The second-order valence-electron chi connectivity index (χ2n) is 4.68. The van der Waals surface area contributed by atoms with Crippen LogP contribution < -0.4 is 0 Å². The van der Waals surface area contributed by atoms with Crippen molar-refractivity contribution in [3.8, 4) is 5.75 Å². The number of nitrogens with zero attached hydrogens (tertiary/aromatic N) is 1. The lowest BCUT2D eigenvalue weighted by Gasteiger charge is -2.25. The Kier molecular flexibility index (Phi) is 6.06. The first-order valence-corrected chi connectivity index (χ1v) is 6.69. The Hall–Kier alpha value is -1.02. The van der Waals surface area contributed by atoms with Crippen molar-refractivity contribution in [2.24, 2.45) is 5.92 Å². The van der Waals surface area contributed by atoms with Gasteiger partial charge in [-0.15, -0.1) is 0 Å². The van der Waals surface area contributed by atoms with Gasteiger partial charge in [-0.1, -0.05) is 45.7 Å². The lowest BCUT2D eigenvalue weighted by atomic mass is 10.0. The zero-order valence-electron chi connectivity index (χ0n) is 11.3. The van der Waals surface area contributed by atoms with Crippen LogP contribution in [0.5, 0.6) is 5.75 Å². The van der Waals surface area contributed by atoms with E-state index in [-0.39, 0.29) is 0 Å². The molecule has 0 unspecified atom stereocenters. The quantitative estimate of drug-likeness (QED) is 0.779. The summed E-state index contributed by atoms with van der Waals surface area (Å²) < 4.78 is 0. The van der Waals surface area contributed by atoms with Crippen molar-refractivity contribution in [2.75, 3.05) is 13.1 Å². The Morgan fingerprint density at radius 2 is 1.65 bits per heavy atom. The van der Waals surface area contributed by atoms with E-state index >= 15 is 0 Å². The van der Waals surface area contributed by atoms with E-state index < -0.39 is 0 Å². The van der Waals surface area contributed by atoms with E-state index in [1.165, 1.54) is 24.9 Å². The summed E-state index contributed by atoms with van der Waals surface area (Å²) in [7, 11) is 0. The molecule has 0 atom stereocenters. The third kappa shape index (κ3) is 4.78. The Balaban J connectivity index is 2.54. The van der Waals surface area contributed by atoms with E-state index in [0.717, 1.165) is 19.0 Å². The largest absolute Gasteiger partial charge is 0.508 e. The molecule has 1 aromatic rings. The van der Waals surface area contributed by atoms with Crippen molar-refractivity contribution >= 4 is 0 Å². The molecule has 0 fully saturated rings. The highest BCUT2D eigenvalue weighted by molar-refractivity contribution is 5.25. The van der Waals surface area contributed by atoms with Crippen LogP contribution in [0.25, 0.3) is 0 Å². The van der Waals surface area contributed by atoms with Crippen LogP contribution in [0, 0.1) is 5.92 Å². The van der Waals surface area contributed by atoms with E-state index in [1.54, 1.807) is 12.1 Å². The molecule has 0 aliphatic carbocycles. The summed E-state index contributed by atoms with van der Waals surface area (Å²) in [6, 6.07) is 7.54. The standard InChI is InChI=1S/C15H25NO/c1-4-13(5-2)11-16(6-3)12-14-7-9-15(17)10-8-14/h7-10,13,17H,4-6,11-12H2,1-3H3. The summed E-state index contributed by atoms with van der Waals surface area (Å²) in [5.41, 5.74) is 1.27. The summed E-state index contributed by atoms with van der Waals surface area (Å²) in [6.07, 6.45) is 2.51. The first kappa shape index (κ1) is 14.0. The Morgan fingerprint density at radius 1 is 1.06 bits per heavy atom. The molecule has 0 aromatic heterocycles. The van der Waals surface area contributed by atoms with Gasteiger partial charge in [0.05, 0.1) is 0 Å². The molecule has 1 rings (SSSR count). The summed E-state index contributed by atoms with van der Waals surface area (Å²) in [6.45, 7) is 9.98. The second kappa shape index (κ2) is 7.33. The lowest BCUT2D eigenvalue weighted by Crippen LogP contribution is -2.28. The molecule has 0 bridgehead atoms. The minimum atomic E-state index is 0.344. The maximum atomic E-state index is 9.26. The van der Waals surface area contributed by atoms with Gasteiger partial charge in [-0.05, 0) is 30.2 Å². The molecule has 0 aliphatic rings. The van der Waals surface area contributed by atoms with Gasteiger partial charge in [-0.25, -0.2) is 0 Å². The molecular weight excluding hydrogens is 210 g/mol. The smallest absolute Gasteiger partial charge is 0.115 e. The fraction of sp³-hybridized carbons (Fsp3) is 0.600. The minimum Gasteiger partial charge on any atom is -0.508 e. The molecule has 2 nitrogen and oxygen atoms in total. The van der Waals surface area contributed by atoms with Gasteiger partial charge in [0.15, 0.2) is 0 Å². The van der Waals surface area contributed by atoms with Crippen LogP contribution in [0.15, 0.2) is 24.3 Å². The van der Waals surface area contributed by atoms with Crippen LogP contribution >= 0.6 is 0 Å². The number of rotatable bonds is 7. The third-order valence-corrected chi connectivity index (χ3v) is 3.46. The van der Waals surface area contributed by atoms with E-state index in [0.29, 0.717) is 5.75 Å². The van der Waals surface area contributed by atoms with Gasteiger partial charge >= 0.3 is 0 Å². The molecule has 0 saturated heterocycles. The SMILES string of the molecule is CCC(CC)CN(CC)Cc1ccc(O)cc1. The van der Waals surface area contributed by atoms with Gasteiger partial charge in [0.1, 0.15) is 5.75 Å². The zero-order chi connectivity index (χ0) is 12.7. The normalized spacial score (nSPS) is 11.4. The lowest BCUT2D eigenvalue weighted by molar-refractivity contribution is 0.226. The first-order valence-electron chi connectivity index (χ1n) is 6.69. The highest BCUT2D eigenvalue weighted by Gasteiger charge is 2.10. The first-order chi connectivity index (χ1) is 8.19. The highest BCUT2D eigenvalue weighted by Crippen LogP contribution is 2.14. The topological polar surface area (TPSA) is 23.5 Å². The highest BCUT2D eigenvalue weighted by atomic mass is 16.3. The van der Waals surface area contributed by atoms with Crippen LogP contribution in [0.4, 0.5) is 0 Å². The number of hydrogen-bond acceptors (Lipinski definition) is 2. The summed E-state index contributed by atoms with van der Waals surface area (Å²) in [4.78, 5) is 2.48. The van der Waals surface area contributed by atoms with Crippen LogP contribution in [-0.4, -0.2) is 23.1 Å². The number of phenolic OH excluding ortho intramolecular Hbond substituents is 1. The van der Waals surface area contributed by atoms with Crippen molar-refractivity contribution < 1.29 is 5.11 Å². The van der Waals surface area contributed by atoms with Gasteiger partial charge in [0.25, 0.3) is 0 Å². The van der Waals surface area contributed by atoms with Gasteiger partial charge in [-0.3, -0.25) is 4.90 Å². The molecule has 1 N–H and O–H groups in total. The molecular formula is C15H25NO. The van der Waals surface area contributed by atoms with E-state index in [4.69, 9.17) is 0 Å². The van der Waals surface area contributed by atoms with Crippen molar-refractivity contribution in [1.82, 2.24) is 4.90 Å². The van der Waals surface area contributed by atoms with E-state index in [9.17, 15) is 5.11 Å². The molecule has 0 amide bonds. The fourth-order valence-corrected chi connectivity index (χ4v) is 2.08. The van der Waals surface area contributed by atoms with Crippen LogP contribution in [-0.2, 0) is 6.54 Å². The van der Waals surface area contributed by atoms with Crippen molar-refractivity contribution in [2.45, 2.75) is 40.2 Å². The Labute approximate surface area is 105 Å². The minimum absolute atomic E-state index is 0.344. The maximum absolute atomic E-state index is 9.26. The van der Waals surface area contributed by atoms with Crippen molar-refractivity contribution in [1.29, 1.82) is 0 Å². The number of aromatic hydroxyl groups is 1. The van der Waals surface area contributed by atoms with Crippen LogP contribution in [0.3, 0.4) is 0 Å². The average molecular weight is 235 g/mol. The summed E-state index contributed by atoms with van der Waals surface area (Å²) in [5, 5.41) is 9.26. The number of hydrogen-bond donors (Lipinski definition) is 1.